The number of halogens is 2. The van der Waals surface area contributed by atoms with E-state index in [4.69, 9.17) is 27.9 Å². The summed E-state index contributed by atoms with van der Waals surface area (Å²) >= 11 is 12.4. The van der Waals surface area contributed by atoms with E-state index in [-0.39, 0.29) is 18.3 Å². The number of aliphatic carboxylic acids is 1. The number of hydrogen-bond donors (Lipinski definition) is 2. The standard InChI is InChI=1S/C30H36Cl2N2O4/c1-38-23-9-10-27-25(18-23)24(12-14-33-27)28(35)11-8-20-13-16-34(19-22(20)17-29(36)37)15-3-2-5-21-6-4-7-26(31)30(21)32/h4,6-7,9-10,12,14,18,20,22,28,35H,2-3,5,8,11,13,15-17,19H2,1H3,(H,36,37)/t20-,22+,28-/m1/s1. The van der Waals surface area contributed by atoms with Crippen LogP contribution in [0.2, 0.25) is 10.0 Å². The van der Waals surface area contributed by atoms with Gasteiger partial charge in [0.2, 0.25) is 0 Å². The summed E-state index contributed by atoms with van der Waals surface area (Å²) in [6.45, 7) is 2.67. The lowest BCUT2D eigenvalue weighted by atomic mass is 9.79. The van der Waals surface area contributed by atoms with Crippen LogP contribution in [0.1, 0.15) is 55.8 Å². The Morgan fingerprint density at radius 3 is 2.82 bits per heavy atom. The van der Waals surface area contributed by atoms with E-state index >= 15 is 0 Å². The van der Waals surface area contributed by atoms with Gasteiger partial charge in [0, 0.05) is 24.5 Å². The molecule has 2 heterocycles. The molecule has 3 atom stereocenters. The second-order valence-electron chi connectivity index (χ2n) is 10.3. The van der Waals surface area contributed by atoms with Crippen LogP contribution in [0.4, 0.5) is 0 Å². The number of carbonyl (C=O) groups is 1. The Bertz CT molecular complexity index is 1240. The van der Waals surface area contributed by atoms with Crippen LogP contribution in [0, 0.1) is 11.8 Å². The van der Waals surface area contributed by atoms with Crippen molar-refractivity contribution in [3.05, 3.63) is 69.8 Å². The van der Waals surface area contributed by atoms with Crippen LogP contribution < -0.4 is 4.74 Å². The number of aryl methyl sites for hydroxylation is 1. The molecule has 1 aliphatic heterocycles. The van der Waals surface area contributed by atoms with Crippen LogP contribution in [0.3, 0.4) is 0 Å². The molecule has 1 saturated heterocycles. The fourth-order valence-corrected chi connectivity index (χ4v) is 6.09. The quantitative estimate of drug-likeness (QED) is 0.238. The number of nitrogens with zero attached hydrogens (tertiary/aromatic N) is 2. The van der Waals surface area contributed by atoms with Gasteiger partial charge in [-0.15, -0.1) is 0 Å². The number of aliphatic hydroxyl groups excluding tert-OH is 1. The highest BCUT2D eigenvalue weighted by molar-refractivity contribution is 6.42. The third kappa shape index (κ3) is 7.38. The molecule has 8 heteroatoms. The molecule has 204 valence electrons. The number of hydrogen-bond acceptors (Lipinski definition) is 5. The zero-order valence-electron chi connectivity index (χ0n) is 21.8. The Hall–Kier alpha value is -2.38. The summed E-state index contributed by atoms with van der Waals surface area (Å²) in [7, 11) is 1.62. The van der Waals surface area contributed by atoms with Gasteiger partial charge in [0.05, 0.1) is 28.8 Å². The summed E-state index contributed by atoms with van der Waals surface area (Å²) in [5.74, 6) is 0.309. The minimum absolute atomic E-state index is 0.0742. The normalized spacial score (nSPS) is 18.9. The molecular formula is C30H36Cl2N2O4. The number of ether oxygens (including phenoxy) is 1. The Morgan fingerprint density at radius 2 is 2.03 bits per heavy atom. The van der Waals surface area contributed by atoms with Crippen LogP contribution >= 0.6 is 23.2 Å². The maximum Gasteiger partial charge on any atom is 0.303 e. The van der Waals surface area contributed by atoms with Gasteiger partial charge in [-0.05, 0) is 105 Å². The molecule has 0 amide bonds. The number of unbranched alkanes of at least 4 members (excludes halogenated alkanes) is 1. The number of aliphatic hydroxyl groups is 1. The summed E-state index contributed by atoms with van der Waals surface area (Å²) in [6.07, 6.45) is 6.44. The Labute approximate surface area is 234 Å². The number of carboxylic acids is 1. The summed E-state index contributed by atoms with van der Waals surface area (Å²) in [5, 5.41) is 22.8. The van der Waals surface area contributed by atoms with E-state index in [1.54, 1.807) is 19.4 Å². The topological polar surface area (TPSA) is 82.9 Å². The highest BCUT2D eigenvalue weighted by atomic mass is 35.5. The number of methoxy groups -OCH3 is 1. The largest absolute Gasteiger partial charge is 0.497 e. The van der Waals surface area contributed by atoms with E-state index in [1.807, 2.05) is 36.4 Å². The zero-order valence-corrected chi connectivity index (χ0v) is 23.3. The molecular weight excluding hydrogens is 523 g/mol. The van der Waals surface area contributed by atoms with Crippen molar-refractivity contribution in [2.24, 2.45) is 11.8 Å². The number of carboxylic acid groups (broad SMARTS) is 1. The van der Waals surface area contributed by atoms with Gasteiger partial charge in [0.1, 0.15) is 5.75 Å². The maximum atomic E-state index is 11.7. The maximum absolute atomic E-state index is 11.7. The smallest absolute Gasteiger partial charge is 0.303 e. The molecule has 1 aromatic heterocycles. The van der Waals surface area contributed by atoms with Crippen molar-refractivity contribution in [3.63, 3.8) is 0 Å². The van der Waals surface area contributed by atoms with Gasteiger partial charge in [-0.25, -0.2) is 0 Å². The average Bonchev–Trinajstić information content (AvgIpc) is 2.91. The lowest BCUT2D eigenvalue weighted by Crippen LogP contribution is -2.41. The Balaban J connectivity index is 1.31. The molecule has 38 heavy (non-hydrogen) atoms. The third-order valence-electron chi connectivity index (χ3n) is 7.77. The Kier molecular flexibility index (Phi) is 10.3. The number of fused-ring (bicyclic) bond motifs is 1. The van der Waals surface area contributed by atoms with Gasteiger partial charge in [-0.3, -0.25) is 9.78 Å². The molecule has 0 spiro atoms. The number of rotatable bonds is 12. The van der Waals surface area contributed by atoms with Crippen LogP contribution in [-0.4, -0.2) is 52.8 Å². The van der Waals surface area contributed by atoms with Crippen LogP contribution in [0.25, 0.3) is 10.9 Å². The summed E-state index contributed by atoms with van der Waals surface area (Å²) in [4.78, 5) is 18.5. The van der Waals surface area contributed by atoms with Crippen molar-refractivity contribution in [1.82, 2.24) is 9.88 Å². The number of likely N-dealkylation sites (tertiary alicyclic amines) is 1. The second-order valence-corrected chi connectivity index (χ2v) is 11.0. The zero-order chi connectivity index (χ0) is 27.1. The molecule has 0 bridgehead atoms. The molecule has 1 aliphatic rings. The molecule has 4 rings (SSSR count). The summed E-state index contributed by atoms with van der Waals surface area (Å²) in [6, 6.07) is 13.3. The predicted molar refractivity (Wildman–Crippen MR) is 152 cm³/mol. The first kappa shape index (κ1) is 28.6. The van der Waals surface area contributed by atoms with Gasteiger partial charge in [0.15, 0.2) is 0 Å². The van der Waals surface area contributed by atoms with E-state index < -0.39 is 12.1 Å². The first-order valence-electron chi connectivity index (χ1n) is 13.3. The molecule has 0 aliphatic carbocycles. The van der Waals surface area contributed by atoms with E-state index in [0.29, 0.717) is 16.5 Å². The molecule has 0 unspecified atom stereocenters. The first-order valence-corrected chi connectivity index (χ1v) is 14.1. The van der Waals surface area contributed by atoms with Crippen LogP contribution in [0.5, 0.6) is 5.75 Å². The summed E-state index contributed by atoms with van der Waals surface area (Å²) < 4.78 is 5.36. The van der Waals surface area contributed by atoms with E-state index in [1.165, 1.54) is 0 Å². The monoisotopic (exact) mass is 558 g/mol. The fourth-order valence-electron chi connectivity index (χ4n) is 5.68. The fraction of sp³-hybridized carbons (Fsp3) is 0.467. The average molecular weight is 560 g/mol. The lowest BCUT2D eigenvalue weighted by Gasteiger charge is -2.38. The predicted octanol–water partition coefficient (Wildman–Crippen LogP) is 6.80. The molecule has 2 aromatic carbocycles. The summed E-state index contributed by atoms with van der Waals surface area (Å²) in [5.41, 5.74) is 2.72. The molecule has 2 N–H and O–H groups in total. The molecule has 3 aromatic rings. The van der Waals surface area contributed by atoms with Crippen molar-refractivity contribution >= 4 is 40.1 Å². The third-order valence-corrected chi connectivity index (χ3v) is 8.62. The van der Waals surface area contributed by atoms with Crippen molar-refractivity contribution in [2.75, 3.05) is 26.7 Å². The van der Waals surface area contributed by atoms with Crippen molar-refractivity contribution < 1.29 is 19.7 Å². The highest BCUT2D eigenvalue weighted by Gasteiger charge is 2.31. The van der Waals surface area contributed by atoms with Crippen LogP contribution in [-0.2, 0) is 11.2 Å². The van der Waals surface area contributed by atoms with Gasteiger partial charge < -0.3 is 19.8 Å². The van der Waals surface area contributed by atoms with Gasteiger partial charge in [-0.1, -0.05) is 35.3 Å². The van der Waals surface area contributed by atoms with Crippen molar-refractivity contribution in [3.8, 4) is 5.75 Å². The molecule has 1 fully saturated rings. The van der Waals surface area contributed by atoms with E-state index in [0.717, 1.165) is 79.5 Å². The molecule has 0 radical (unpaired) electrons. The number of aromatic nitrogens is 1. The van der Waals surface area contributed by atoms with Crippen molar-refractivity contribution in [2.45, 2.75) is 51.0 Å². The van der Waals surface area contributed by atoms with Gasteiger partial charge in [0.25, 0.3) is 0 Å². The van der Waals surface area contributed by atoms with Gasteiger partial charge in [-0.2, -0.15) is 0 Å². The highest BCUT2D eigenvalue weighted by Crippen LogP contribution is 2.35. The minimum Gasteiger partial charge on any atom is -0.497 e. The van der Waals surface area contributed by atoms with Crippen molar-refractivity contribution in [1.29, 1.82) is 0 Å². The van der Waals surface area contributed by atoms with E-state index in [9.17, 15) is 15.0 Å². The molecule has 0 saturated carbocycles. The van der Waals surface area contributed by atoms with Crippen LogP contribution in [0.15, 0.2) is 48.7 Å². The number of piperidine rings is 1. The minimum atomic E-state index is -0.759. The molecule has 6 nitrogen and oxygen atoms in total. The number of pyridine rings is 1. The van der Waals surface area contributed by atoms with E-state index in [2.05, 4.69) is 9.88 Å². The Morgan fingerprint density at radius 1 is 1.18 bits per heavy atom. The second kappa shape index (κ2) is 13.6. The lowest BCUT2D eigenvalue weighted by molar-refractivity contribution is -0.139. The SMILES string of the molecule is COc1ccc2nccc([C@H](O)CC[C@@H]3CCN(CCCCc4cccc(Cl)c4Cl)C[C@@H]3CC(=O)O)c2c1. The number of benzene rings is 2. The first-order chi connectivity index (χ1) is 18.4. The van der Waals surface area contributed by atoms with Gasteiger partial charge >= 0.3 is 5.97 Å².